The Morgan fingerprint density at radius 2 is 1.95 bits per heavy atom. The quantitative estimate of drug-likeness (QED) is 0.338. The molecule has 38 heavy (non-hydrogen) atoms. The van der Waals surface area contributed by atoms with Gasteiger partial charge in [-0.25, -0.2) is 4.98 Å². The molecule has 6 rings (SSSR count). The van der Waals surface area contributed by atoms with Gasteiger partial charge in [-0.05, 0) is 61.2 Å². The molecule has 0 saturated heterocycles. The first-order valence-electron chi connectivity index (χ1n) is 13.2. The molecule has 1 unspecified atom stereocenters. The summed E-state index contributed by atoms with van der Waals surface area (Å²) in [5, 5.41) is 3.36. The number of benzene rings is 3. The molecule has 8 nitrogen and oxygen atoms in total. The SMILES string of the molecule is CCOC(=O)CC(c1ccccc1)N1CCc2cc(Oc3cccc4c3nc3n4CCCN3)ccc2C1=O. The van der Waals surface area contributed by atoms with E-state index in [0.29, 0.717) is 36.6 Å². The van der Waals surface area contributed by atoms with Crippen LogP contribution in [-0.4, -0.2) is 46.0 Å². The first-order chi connectivity index (χ1) is 18.6. The van der Waals surface area contributed by atoms with Crippen LogP contribution in [-0.2, 0) is 22.5 Å². The van der Waals surface area contributed by atoms with Gasteiger partial charge in [0.05, 0.1) is 24.6 Å². The summed E-state index contributed by atoms with van der Waals surface area (Å²) in [5.74, 6) is 1.82. The minimum atomic E-state index is -0.384. The molecular formula is C30H30N4O4. The monoisotopic (exact) mass is 510 g/mol. The normalized spacial score (nSPS) is 15.4. The number of ether oxygens (including phenoxy) is 2. The van der Waals surface area contributed by atoms with Crippen LogP contribution in [0.5, 0.6) is 11.5 Å². The topological polar surface area (TPSA) is 85.7 Å². The Labute approximate surface area is 221 Å². The van der Waals surface area contributed by atoms with Gasteiger partial charge in [-0.3, -0.25) is 9.59 Å². The number of hydrogen-bond acceptors (Lipinski definition) is 6. The lowest BCUT2D eigenvalue weighted by molar-refractivity contribution is -0.144. The van der Waals surface area contributed by atoms with Gasteiger partial charge in [-0.15, -0.1) is 0 Å². The standard InChI is InChI=1S/C30H30N4O4/c1-2-37-27(35)19-25(20-8-4-3-5-9-20)33-17-14-21-18-22(12-13-23(21)29(33)36)38-26-11-6-10-24-28(26)32-30-31-15-7-16-34(24)30/h3-6,8-13,18,25H,2,7,14-17,19H2,1H3,(H,31,32). The third-order valence-corrected chi connectivity index (χ3v) is 7.23. The minimum Gasteiger partial charge on any atom is -0.466 e. The molecule has 0 fully saturated rings. The van der Waals surface area contributed by atoms with Gasteiger partial charge in [0.2, 0.25) is 5.95 Å². The second-order valence-electron chi connectivity index (χ2n) is 9.60. The average Bonchev–Trinajstić information content (AvgIpc) is 3.33. The van der Waals surface area contributed by atoms with Crippen LogP contribution >= 0.6 is 0 Å². The second-order valence-corrected chi connectivity index (χ2v) is 9.60. The van der Waals surface area contributed by atoms with Crippen LogP contribution in [0.1, 0.15) is 47.3 Å². The van der Waals surface area contributed by atoms with Gasteiger partial charge in [0, 0.05) is 25.2 Å². The fourth-order valence-corrected chi connectivity index (χ4v) is 5.43. The summed E-state index contributed by atoms with van der Waals surface area (Å²) >= 11 is 0. The van der Waals surface area contributed by atoms with E-state index < -0.39 is 0 Å². The molecule has 3 heterocycles. The summed E-state index contributed by atoms with van der Waals surface area (Å²) in [4.78, 5) is 32.6. The minimum absolute atomic E-state index is 0.0918. The van der Waals surface area contributed by atoms with E-state index in [1.165, 1.54) is 0 Å². The van der Waals surface area contributed by atoms with Crippen LogP contribution in [0.2, 0.25) is 0 Å². The first-order valence-corrected chi connectivity index (χ1v) is 13.2. The van der Waals surface area contributed by atoms with Crippen molar-refractivity contribution in [2.45, 2.75) is 38.8 Å². The number of para-hydroxylation sites is 1. The number of nitrogens with one attached hydrogen (secondary N) is 1. The van der Waals surface area contributed by atoms with E-state index in [1.807, 2.05) is 60.7 Å². The lowest BCUT2D eigenvalue weighted by Crippen LogP contribution is -2.41. The number of amides is 1. The van der Waals surface area contributed by atoms with Crippen LogP contribution in [0.4, 0.5) is 5.95 Å². The summed E-state index contributed by atoms with van der Waals surface area (Å²) in [6.45, 7) is 4.45. The highest BCUT2D eigenvalue weighted by atomic mass is 16.5. The van der Waals surface area contributed by atoms with Crippen LogP contribution in [0.3, 0.4) is 0 Å². The molecule has 0 saturated carbocycles. The second kappa shape index (κ2) is 10.2. The number of rotatable bonds is 7. The van der Waals surface area contributed by atoms with Crippen molar-refractivity contribution in [3.05, 3.63) is 83.4 Å². The molecule has 194 valence electrons. The Morgan fingerprint density at radius 1 is 1.08 bits per heavy atom. The van der Waals surface area contributed by atoms with Crippen molar-refractivity contribution in [1.29, 1.82) is 0 Å². The predicted octanol–water partition coefficient (Wildman–Crippen LogP) is 5.34. The fraction of sp³-hybridized carbons (Fsp3) is 0.300. The van der Waals surface area contributed by atoms with Gasteiger partial charge in [0.15, 0.2) is 5.75 Å². The number of fused-ring (bicyclic) bond motifs is 4. The van der Waals surface area contributed by atoms with Gasteiger partial charge in [-0.2, -0.15) is 0 Å². The smallest absolute Gasteiger partial charge is 0.308 e. The number of carbonyl (C=O) groups is 2. The van der Waals surface area contributed by atoms with E-state index in [9.17, 15) is 9.59 Å². The van der Waals surface area contributed by atoms with Crippen molar-refractivity contribution in [2.75, 3.05) is 25.0 Å². The summed E-state index contributed by atoms with van der Waals surface area (Å²) < 4.78 is 13.7. The van der Waals surface area contributed by atoms with E-state index in [2.05, 4.69) is 16.0 Å². The molecule has 0 aliphatic carbocycles. The Balaban J connectivity index is 1.26. The Kier molecular flexibility index (Phi) is 6.45. The molecule has 1 atom stereocenters. The highest BCUT2D eigenvalue weighted by Gasteiger charge is 2.33. The molecule has 1 amide bonds. The lowest BCUT2D eigenvalue weighted by Gasteiger charge is -2.35. The number of nitrogens with zero attached hydrogens (tertiary/aromatic N) is 3. The summed E-state index contributed by atoms with van der Waals surface area (Å²) in [5.41, 5.74) is 4.35. The number of imidazole rings is 1. The number of hydrogen-bond donors (Lipinski definition) is 1. The summed E-state index contributed by atoms with van der Waals surface area (Å²) in [6.07, 6.45) is 1.84. The zero-order chi connectivity index (χ0) is 26.1. The molecule has 0 spiro atoms. The number of carbonyl (C=O) groups excluding carboxylic acids is 2. The maximum atomic E-state index is 13.6. The Morgan fingerprint density at radius 3 is 2.79 bits per heavy atom. The number of aryl methyl sites for hydroxylation is 1. The predicted molar refractivity (Wildman–Crippen MR) is 145 cm³/mol. The van der Waals surface area contributed by atoms with E-state index in [-0.39, 0.29) is 24.3 Å². The van der Waals surface area contributed by atoms with Gasteiger partial charge < -0.3 is 24.3 Å². The largest absolute Gasteiger partial charge is 0.466 e. The van der Waals surface area contributed by atoms with Gasteiger partial charge >= 0.3 is 5.97 Å². The zero-order valence-electron chi connectivity index (χ0n) is 21.4. The lowest BCUT2D eigenvalue weighted by atomic mass is 9.94. The van der Waals surface area contributed by atoms with Crippen molar-refractivity contribution in [1.82, 2.24) is 14.5 Å². The summed E-state index contributed by atoms with van der Waals surface area (Å²) in [6, 6.07) is 20.9. The van der Waals surface area contributed by atoms with E-state index in [0.717, 1.165) is 47.6 Å². The van der Waals surface area contributed by atoms with Gasteiger partial charge in [-0.1, -0.05) is 36.4 Å². The van der Waals surface area contributed by atoms with Crippen molar-refractivity contribution >= 4 is 28.9 Å². The van der Waals surface area contributed by atoms with Crippen molar-refractivity contribution in [2.24, 2.45) is 0 Å². The van der Waals surface area contributed by atoms with Crippen LogP contribution in [0.25, 0.3) is 11.0 Å². The first kappa shape index (κ1) is 24.0. The number of aromatic nitrogens is 2. The maximum absolute atomic E-state index is 13.6. The van der Waals surface area contributed by atoms with Gasteiger partial charge in [0.25, 0.3) is 5.91 Å². The molecule has 8 heteroatoms. The number of anilines is 1. The fourth-order valence-electron chi connectivity index (χ4n) is 5.43. The third kappa shape index (κ3) is 4.47. The zero-order valence-corrected chi connectivity index (χ0v) is 21.4. The highest BCUT2D eigenvalue weighted by molar-refractivity contribution is 5.97. The van der Waals surface area contributed by atoms with E-state index in [1.54, 1.807) is 11.8 Å². The molecule has 0 radical (unpaired) electrons. The molecular weight excluding hydrogens is 480 g/mol. The highest BCUT2D eigenvalue weighted by Crippen LogP contribution is 2.35. The third-order valence-electron chi connectivity index (χ3n) is 7.23. The Hall–Kier alpha value is -4.33. The van der Waals surface area contributed by atoms with Crippen LogP contribution in [0, 0.1) is 0 Å². The van der Waals surface area contributed by atoms with E-state index in [4.69, 9.17) is 14.5 Å². The van der Waals surface area contributed by atoms with E-state index >= 15 is 0 Å². The molecule has 3 aromatic carbocycles. The molecule has 0 bridgehead atoms. The van der Waals surface area contributed by atoms with Crippen LogP contribution in [0.15, 0.2) is 66.7 Å². The maximum Gasteiger partial charge on any atom is 0.308 e. The summed E-state index contributed by atoms with van der Waals surface area (Å²) in [7, 11) is 0. The van der Waals surface area contributed by atoms with Crippen molar-refractivity contribution < 1.29 is 19.1 Å². The van der Waals surface area contributed by atoms with Crippen LogP contribution < -0.4 is 10.1 Å². The number of esters is 1. The van der Waals surface area contributed by atoms with Crippen molar-refractivity contribution in [3.8, 4) is 11.5 Å². The molecule has 2 aliphatic heterocycles. The molecule has 1 N–H and O–H groups in total. The Bertz CT molecular complexity index is 1500. The molecule has 4 aromatic rings. The average molecular weight is 511 g/mol. The van der Waals surface area contributed by atoms with Gasteiger partial charge in [0.1, 0.15) is 11.3 Å². The molecule has 1 aromatic heterocycles. The molecule has 2 aliphatic rings. The van der Waals surface area contributed by atoms with Crippen molar-refractivity contribution in [3.63, 3.8) is 0 Å².